The zero-order chi connectivity index (χ0) is 23.4. The fraction of sp³-hybridized carbons (Fsp3) is 0.292. The van der Waals surface area contributed by atoms with E-state index in [1.54, 1.807) is 31.1 Å². The molecule has 9 heteroatoms. The van der Waals surface area contributed by atoms with Crippen LogP contribution in [0.1, 0.15) is 40.4 Å². The molecule has 0 aliphatic carbocycles. The van der Waals surface area contributed by atoms with E-state index < -0.39 is 5.82 Å². The number of halogens is 2. The van der Waals surface area contributed by atoms with E-state index in [-0.39, 0.29) is 11.9 Å². The lowest BCUT2D eigenvalue weighted by Gasteiger charge is -2.33. The summed E-state index contributed by atoms with van der Waals surface area (Å²) in [5.41, 5.74) is 5.26. The minimum absolute atomic E-state index is 0.194. The number of rotatable bonds is 3. The number of methoxy groups -OCH3 is 1. The Morgan fingerprint density at radius 3 is 2.82 bits per heavy atom. The number of aryl methyl sites for hydroxylation is 2. The number of amides is 1. The van der Waals surface area contributed by atoms with E-state index in [2.05, 4.69) is 4.98 Å². The second kappa shape index (κ2) is 7.88. The fourth-order valence-electron chi connectivity index (χ4n) is 4.73. The van der Waals surface area contributed by atoms with Gasteiger partial charge in [0.25, 0.3) is 5.91 Å². The first-order valence-electron chi connectivity index (χ1n) is 10.6. The first-order chi connectivity index (χ1) is 15.8. The molecule has 7 nitrogen and oxygen atoms in total. The van der Waals surface area contributed by atoms with Crippen LogP contribution >= 0.6 is 11.6 Å². The summed E-state index contributed by atoms with van der Waals surface area (Å²) in [6, 6.07) is 8.23. The number of hydrogen-bond donors (Lipinski definition) is 0. The van der Waals surface area contributed by atoms with E-state index in [1.807, 2.05) is 30.8 Å². The lowest BCUT2D eigenvalue weighted by molar-refractivity contribution is 0.0665. The van der Waals surface area contributed by atoms with Crippen molar-refractivity contribution in [1.82, 2.24) is 24.1 Å². The third-order valence-electron chi connectivity index (χ3n) is 6.24. The van der Waals surface area contributed by atoms with Gasteiger partial charge in [0, 0.05) is 35.9 Å². The molecule has 0 unspecified atom stereocenters. The fourth-order valence-corrected chi connectivity index (χ4v) is 4.96. The molecule has 1 amide bonds. The monoisotopic (exact) mass is 467 g/mol. The van der Waals surface area contributed by atoms with Gasteiger partial charge in [0.2, 0.25) is 0 Å². The highest BCUT2D eigenvalue weighted by Crippen LogP contribution is 2.38. The van der Waals surface area contributed by atoms with Crippen LogP contribution in [-0.4, -0.2) is 43.6 Å². The maximum Gasteiger partial charge on any atom is 0.273 e. The highest BCUT2D eigenvalue weighted by atomic mass is 35.5. The van der Waals surface area contributed by atoms with Crippen LogP contribution in [0.2, 0.25) is 5.02 Å². The summed E-state index contributed by atoms with van der Waals surface area (Å²) in [4.78, 5) is 19.8. The molecule has 0 saturated heterocycles. The molecule has 1 aromatic carbocycles. The van der Waals surface area contributed by atoms with Crippen molar-refractivity contribution in [3.8, 4) is 17.0 Å². The summed E-state index contributed by atoms with van der Waals surface area (Å²) >= 11 is 6.31. The quantitative estimate of drug-likeness (QED) is 0.441. The Morgan fingerprint density at radius 1 is 1.27 bits per heavy atom. The summed E-state index contributed by atoms with van der Waals surface area (Å²) in [6.07, 6.45) is 1.93. The van der Waals surface area contributed by atoms with Gasteiger partial charge in [-0.15, -0.1) is 0 Å². The molecule has 1 atom stereocenters. The minimum Gasteiger partial charge on any atom is -0.497 e. The van der Waals surface area contributed by atoms with Crippen molar-refractivity contribution in [2.75, 3.05) is 13.7 Å². The molecule has 3 aromatic heterocycles. The molecule has 0 radical (unpaired) electrons. The number of hydrogen-bond acceptors (Lipinski definition) is 4. The third-order valence-corrected chi connectivity index (χ3v) is 6.46. The highest BCUT2D eigenvalue weighted by molar-refractivity contribution is 6.31. The molecule has 0 saturated carbocycles. The third kappa shape index (κ3) is 3.45. The first kappa shape index (κ1) is 21.5. The van der Waals surface area contributed by atoms with Gasteiger partial charge in [-0.2, -0.15) is 5.10 Å². The van der Waals surface area contributed by atoms with Crippen molar-refractivity contribution < 1.29 is 13.9 Å². The molecule has 0 N–H and O–H groups in total. The minimum atomic E-state index is -0.422. The standard InChI is InChI=1S/C24H23ClFN5O2/c1-13-22(31-12-17(26)5-6-20(31)27-13)24(32)30-8-7-19-21(14(30)2)28-29(3)23(19)15-9-16(25)11-18(10-15)33-4/h5-6,9-12,14H,7-8H2,1-4H3/t14-/m0/s1. The molecule has 0 spiro atoms. The number of pyridine rings is 1. The number of imidazole rings is 1. The van der Waals surface area contributed by atoms with Gasteiger partial charge in [-0.25, -0.2) is 9.37 Å². The summed E-state index contributed by atoms with van der Waals surface area (Å²) in [5.74, 6) is 0.0538. The zero-order valence-corrected chi connectivity index (χ0v) is 19.5. The molecule has 1 aliphatic rings. The van der Waals surface area contributed by atoms with Gasteiger partial charge in [0.1, 0.15) is 22.9 Å². The Kier molecular flexibility index (Phi) is 5.12. The van der Waals surface area contributed by atoms with Crippen LogP contribution in [0, 0.1) is 12.7 Å². The van der Waals surface area contributed by atoms with Gasteiger partial charge in [-0.3, -0.25) is 13.9 Å². The van der Waals surface area contributed by atoms with Crippen molar-refractivity contribution in [1.29, 1.82) is 0 Å². The van der Waals surface area contributed by atoms with Crippen molar-refractivity contribution in [2.45, 2.75) is 26.3 Å². The number of benzene rings is 1. The van der Waals surface area contributed by atoms with Gasteiger partial charge < -0.3 is 9.64 Å². The second-order valence-corrected chi connectivity index (χ2v) is 8.70. The van der Waals surface area contributed by atoms with Crippen LogP contribution in [0.15, 0.2) is 36.5 Å². The summed E-state index contributed by atoms with van der Waals surface area (Å²) in [5, 5.41) is 5.34. The number of carbonyl (C=O) groups is 1. The average Bonchev–Trinajstić information content (AvgIpc) is 3.28. The van der Waals surface area contributed by atoms with E-state index in [0.717, 1.165) is 22.5 Å². The number of aromatic nitrogens is 4. The van der Waals surface area contributed by atoms with Gasteiger partial charge in [-0.05, 0) is 50.6 Å². The smallest absolute Gasteiger partial charge is 0.273 e. The van der Waals surface area contributed by atoms with Gasteiger partial charge in [-0.1, -0.05) is 11.6 Å². The van der Waals surface area contributed by atoms with Gasteiger partial charge >= 0.3 is 0 Å². The zero-order valence-electron chi connectivity index (χ0n) is 18.8. The van der Waals surface area contributed by atoms with Crippen LogP contribution in [0.4, 0.5) is 4.39 Å². The van der Waals surface area contributed by atoms with Crippen LogP contribution in [0.3, 0.4) is 0 Å². The SMILES string of the molecule is COc1cc(Cl)cc(-c2c3c(nn2C)[C@H](C)N(C(=O)c2c(C)nc4ccc(F)cn24)CC3)c1. The Bertz CT molecular complexity index is 1410. The maximum atomic E-state index is 13.9. The van der Waals surface area contributed by atoms with Gasteiger partial charge in [0.05, 0.1) is 30.2 Å². The maximum absolute atomic E-state index is 13.9. The molecule has 4 aromatic rings. The Morgan fingerprint density at radius 2 is 2.06 bits per heavy atom. The van der Waals surface area contributed by atoms with Crippen molar-refractivity contribution in [3.05, 3.63) is 70.0 Å². The van der Waals surface area contributed by atoms with E-state index >= 15 is 0 Å². The van der Waals surface area contributed by atoms with Crippen LogP contribution in [0.5, 0.6) is 5.75 Å². The Labute approximate surface area is 195 Å². The number of fused-ring (bicyclic) bond motifs is 2. The molecule has 4 heterocycles. The highest BCUT2D eigenvalue weighted by Gasteiger charge is 2.35. The van der Waals surface area contributed by atoms with Crippen molar-refractivity contribution >= 4 is 23.2 Å². The topological polar surface area (TPSA) is 64.7 Å². The molecular weight excluding hydrogens is 445 g/mol. The van der Waals surface area contributed by atoms with E-state index in [9.17, 15) is 9.18 Å². The summed E-state index contributed by atoms with van der Waals surface area (Å²) in [7, 11) is 3.49. The molecule has 0 bridgehead atoms. The number of ether oxygens (including phenoxy) is 1. The lowest BCUT2D eigenvalue weighted by atomic mass is 9.95. The predicted molar refractivity (Wildman–Crippen MR) is 123 cm³/mol. The van der Waals surface area contributed by atoms with E-state index in [1.165, 1.54) is 16.7 Å². The first-order valence-corrected chi connectivity index (χ1v) is 11.0. The van der Waals surface area contributed by atoms with Crippen LogP contribution < -0.4 is 4.74 Å². The van der Waals surface area contributed by atoms with Crippen LogP contribution in [-0.2, 0) is 13.5 Å². The number of carbonyl (C=O) groups excluding carboxylic acids is 1. The average molecular weight is 468 g/mol. The summed E-state index contributed by atoms with van der Waals surface area (Å²) in [6.45, 7) is 4.24. The van der Waals surface area contributed by atoms with E-state index in [0.29, 0.717) is 40.8 Å². The van der Waals surface area contributed by atoms with Crippen LogP contribution in [0.25, 0.3) is 16.9 Å². The Hall–Kier alpha value is -3.39. The second-order valence-electron chi connectivity index (χ2n) is 8.26. The van der Waals surface area contributed by atoms with Crippen molar-refractivity contribution in [3.63, 3.8) is 0 Å². The van der Waals surface area contributed by atoms with Crippen molar-refractivity contribution in [2.24, 2.45) is 7.05 Å². The number of nitrogens with zero attached hydrogens (tertiary/aromatic N) is 5. The molecule has 1 aliphatic heterocycles. The largest absolute Gasteiger partial charge is 0.497 e. The lowest BCUT2D eigenvalue weighted by Crippen LogP contribution is -2.39. The van der Waals surface area contributed by atoms with Gasteiger partial charge in [0.15, 0.2) is 0 Å². The molecule has 0 fully saturated rings. The molecule has 5 rings (SSSR count). The Balaban J connectivity index is 1.55. The normalized spacial score (nSPS) is 15.7. The predicted octanol–water partition coefficient (Wildman–Crippen LogP) is 4.60. The molecular formula is C24H23ClFN5O2. The van der Waals surface area contributed by atoms with E-state index in [4.69, 9.17) is 21.4 Å². The molecule has 33 heavy (non-hydrogen) atoms. The summed E-state index contributed by atoms with van der Waals surface area (Å²) < 4.78 is 22.6. The molecule has 170 valence electrons.